The van der Waals surface area contributed by atoms with E-state index in [1.165, 1.54) is 0 Å². The van der Waals surface area contributed by atoms with Gasteiger partial charge in [-0.25, -0.2) is 0 Å². The van der Waals surface area contributed by atoms with Crippen molar-refractivity contribution >= 4 is 17.4 Å². The van der Waals surface area contributed by atoms with Gasteiger partial charge in [-0.2, -0.15) is 17.0 Å². The first kappa shape index (κ1) is 12.9. The molecule has 0 aliphatic heterocycles. The molecule has 0 aromatic heterocycles. The zero-order chi connectivity index (χ0) is 12.0. The van der Waals surface area contributed by atoms with E-state index in [1.54, 1.807) is 30.8 Å². The van der Waals surface area contributed by atoms with Gasteiger partial charge in [0, 0.05) is 18.0 Å². The lowest BCUT2D eigenvalue weighted by atomic mass is 10.1. The molecule has 0 bridgehead atoms. The highest BCUT2D eigenvalue weighted by Gasteiger charge is 2.18. The molecule has 1 aromatic rings. The molecule has 0 fully saturated rings. The fraction of sp³-hybridized carbons (Fsp3) is 0.417. The molecule has 86 valence electrons. The third kappa shape index (κ3) is 4.13. The zero-order valence-corrected chi connectivity index (χ0v) is 10.3. The lowest BCUT2D eigenvalue weighted by Gasteiger charge is -2.23. The highest BCUT2D eigenvalue weighted by atomic mass is 32.2. The van der Waals surface area contributed by atoms with Gasteiger partial charge in [-0.15, -0.1) is 0 Å². The molecule has 1 atom stereocenters. The van der Waals surface area contributed by atoms with Crippen LogP contribution in [-0.2, 0) is 0 Å². The molecular formula is C12H16N2OS. The molecule has 1 rings (SSSR count). The van der Waals surface area contributed by atoms with Gasteiger partial charge in [-0.05, 0) is 31.4 Å². The van der Waals surface area contributed by atoms with Crippen LogP contribution in [0.5, 0.6) is 0 Å². The summed E-state index contributed by atoms with van der Waals surface area (Å²) < 4.78 is 0. The normalized spacial score (nSPS) is 13.9. The summed E-state index contributed by atoms with van der Waals surface area (Å²) in [6, 6.07) is 9.32. The topological polar surface area (TPSA) is 56.0 Å². The molecule has 1 aromatic carbocycles. The Hall–Kier alpha value is -1.18. The number of aliphatic hydroxyl groups is 1. The van der Waals surface area contributed by atoms with Gasteiger partial charge in [0.05, 0.1) is 17.2 Å². The molecule has 0 aliphatic carbocycles. The molecule has 4 heteroatoms. The number of thioether (sulfide) groups is 1. The van der Waals surface area contributed by atoms with Crippen LogP contribution in [0.4, 0.5) is 5.69 Å². The summed E-state index contributed by atoms with van der Waals surface area (Å²) in [7, 11) is 0. The molecule has 0 radical (unpaired) electrons. The van der Waals surface area contributed by atoms with E-state index in [9.17, 15) is 5.11 Å². The standard InChI is InChI=1S/C12H16N2OS/c1-12(15,9-16-2)8-14-11-5-3-4-10(6-11)7-13/h3-6,14-15H,8-9H2,1-2H3. The number of hydrogen-bond acceptors (Lipinski definition) is 4. The lowest BCUT2D eigenvalue weighted by molar-refractivity contribution is 0.0997. The first-order valence-corrected chi connectivity index (χ1v) is 6.42. The smallest absolute Gasteiger partial charge is 0.0992 e. The van der Waals surface area contributed by atoms with E-state index >= 15 is 0 Å². The summed E-state index contributed by atoms with van der Waals surface area (Å²) in [5.74, 6) is 0.679. The van der Waals surface area contributed by atoms with Gasteiger partial charge in [0.2, 0.25) is 0 Å². The summed E-state index contributed by atoms with van der Waals surface area (Å²) in [6.45, 7) is 2.27. The largest absolute Gasteiger partial charge is 0.387 e. The SMILES string of the molecule is CSCC(C)(O)CNc1cccc(C#N)c1. The highest BCUT2D eigenvalue weighted by molar-refractivity contribution is 7.98. The molecule has 3 nitrogen and oxygen atoms in total. The van der Waals surface area contributed by atoms with E-state index in [0.29, 0.717) is 17.9 Å². The minimum Gasteiger partial charge on any atom is -0.387 e. The molecule has 0 saturated carbocycles. The predicted molar refractivity (Wildman–Crippen MR) is 68.7 cm³/mol. The van der Waals surface area contributed by atoms with E-state index in [-0.39, 0.29) is 0 Å². The summed E-state index contributed by atoms with van der Waals surface area (Å²) in [5, 5.41) is 21.8. The maximum absolute atomic E-state index is 9.95. The highest BCUT2D eigenvalue weighted by Crippen LogP contribution is 2.14. The Morgan fingerprint density at radius 1 is 1.56 bits per heavy atom. The van der Waals surface area contributed by atoms with Crippen molar-refractivity contribution in [2.24, 2.45) is 0 Å². The molecule has 0 aliphatic rings. The average Bonchev–Trinajstić information content (AvgIpc) is 2.27. The lowest BCUT2D eigenvalue weighted by Crippen LogP contribution is -2.36. The van der Waals surface area contributed by atoms with Gasteiger partial charge in [0.25, 0.3) is 0 Å². The first-order valence-electron chi connectivity index (χ1n) is 5.03. The Bertz CT molecular complexity index is 385. The Labute approximate surface area is 100 Å². The maximum atomic E-state index is 9.95. The third-order valence-electron chi connectivity index (χ3n) is 2.12. The molecule has 0 amide bonds. The van der Waals surface area contributed by atoms with Crippen LogP contribution in [0.3, 0.4) is 0 Å². The van der Waals surface area contributed by atoms with Crippen molar-refractivity contribution in [3.05, 3.63) is 29.8 Å². The van der Waals surface area contributed by atoms with Crippen molar-refractivity contribution in [2.45, 2.75) is 12.5 Å². The average molecular weight is 236 g/mol. The third-order valence-corrected chi connectivity index (χ3v) is 3.03. The van der Waals surface area contributed by atoms with Gasteiger partial charge in [-0.3, -0.25) is 0 Å². The molecule has 2 N–H and O–H groups in total. The van der Waals surface area contributed by atoms with Gasteiger partial charge >= 0.3 is 0 Å². The van der Waals surface area contributed by atoms with Crippen LogP contribution in [-0.4, -0.2) is 29.3 Å². The van der Waals surface area contributed by atoms with Crippen LogP contribution in [0.15, 0.2) is 24.3 Å². The second kappa shape index (κ2) is 5.78. The quantitative estimate of drug-likeness (QED) is 0.822. The van der Waals surface area contributed by atoms with Crippen molar-refractivity contribution < 1.29 is 5.11 Å². The molecule has 0 heterocycles. The summed E-state index contributed by atoms with van der Waals surface area (Å²) in [4.78, 5) is 0. The van der Waals surface area contributed by atoms with Crippen LogP contribution >= 0.6 is 11.8 Å². The predicted octanol–water partition coefficient (Wildman–Crippen LogP) is 2.08. The van der Waals surface area contributed by atoms with Crippen LogP contribution in [0.2, 0.25) is 0 Å². The Morgan fingerprint density at radius 3 is 2.94 bits per heavy atom. The van der Waals surface area contributed by atoms with E-state index < -0.39 is 5.60 Å². The van der Waals surface area contributed by atoms with Crippen molar-refractivity contribution in [3.63, 3.8) is 0 Å². The number of anilines is 1. The van der Waals surface area contributed by atoms with Crippen molar-refractivity contribution in [3.8, 4) is 6.07 Å². The molecule has 16 heavy (non-hydrogen) atoms. The number of nitrogens with one attached hydrogen (secondary N) is 1. The van der Waals surface area contributed by atoms with E-state index in [1.807, 2.05) is 18.4 Å². The zero-order valence-electron chi connectivity index (χ0n) is 9.53. The van der Waals surface area contributed by atoms with Gasteiger partial charge < -0.3 is 10.4 Å². The summed E-state index contributed by atoms with van der Waals surface area (Å²) in [5.41, 5.74) is 0.747. The molecular weight excluding hydrogens is 220 g/mol. The number of nitrogens with zero attached hydrogens (tertiary/aromatic N) is 1. The Kier molecular flexibility index (Phi) is 4.66. The van der Waals surface area contributed by atoms with Crippen LogP contribution in [0.25, 0.3) is 0 Å². The van der Waals surface area contributed by atoms with Gasteiger partial charge in [0.1, 0.15) is 0 Å². The monoisotopic (exact) mass is 236 g/mol. The minimum atomic E-state index is -0.734. The van der Waals surface area contributed by atoms with Crippen LogP contribution < -0.4 is 5.32 Å². The molecule has 1 unspecified atom stereocenters. The first-order chi connectivity index (χ1) is 7.57. The van der Waals surface area contributed by atoms with E-state index in [4.69, 9.17) is 5.26 Å². The summed E-state index contributed by atoms with van der Waals surface area (Å²) >= 11 is 1.61. The van der Waals surface area contributed by atoms with E-state index in [2.05, 4.69) is 11.4 Å². The van der Waals surface area contributed by atoms with Gasteiger partial charge in [-0.1, -0.05) is 6.07 Å². The minimum absolute atomic E-state index is 0.475. The van der Waals surface area contributed by atoms with E-state index in [0.717, 1.165) is 5.69 Å². The second-order valence-electron chi connectivity index (χ2n) is 3.98. The fourth-order valence-electron chi connectivity index (χ4n) is 1.35. The van der Waals surface area contributed by atoms with Crippen LogP contribution in [0, 0.1) is 11.3 Å². The molecule has 0 spiro atoms. The van der Waals surface area contributed by atoms with Crippen LogP contribution in [0.1, 0.15) is 12.5 Å². The molecule has 0 saturated heterocycles. The van der Waals surface area contributed by atoms with Gasteiger partial charge in [0.15, 0.2) is 0 Å². The van der Waals surface area contributed by atoms with Crippen molar-refractivity contribution in [1.29, 1.82) is 5.26 Å². The Morgan fingerprint density at radius 2 is 2.31 bits per heavy atom. The van der Waals surface area contributed by atoms with Crippen molar-refractivity contribution in [1.82, 2.24) is 0 Å². The second-order valence-corrected chi connectivity index (χ2v) is 4.84. The number of benzene rings is 1. The number of hydrogen-bond donors (Lipinski definition) is 2. The number of rotatable bonds is 5. The van der Waals surface area contributed by atoms with Crippen molar-refractivity contribution in [2.75, 3.05) is 23.9 Å². The maximum Gasteiger partial charge on any atom is 0.0992 e. The fourth-order valence-corrected chi connectivity index (χ4v) is 2.08. The number of nitriles is 1. The Balaban J connectivity index is 2.58. The summed E-state index contributed by atoms with van der Waals surface area (Å²) in [6.07, 6.45) is 1.96.